The zero-order valence-corrected chi connectivity index (χ0v) is 18.2. The standard InChI is InChI=1S/C23H26ClN3O.ClH/c1-2-23(15-26-16-23)22(28)27-14-20(10-17-6-8-21(24)9-7-17)12-18-4-3-5-19(11-18)13-25;/h3-9,11,20,26H,2,10,12,14-16H2,1H3,(H,27,28);1H. The van der Waals surface area contributed by atoms with Gasteiger partial charge in [0.05, 0.1) is 17.0 Å². The molecular formula is C23H27Cl2N3O. The normalized spacial score (nSPS) is 15.3. The Morgan fingerprint density at radius 1 is 1.21 bits per heavy atom. The fraction of sp³-hybridized carbons (Fsp3) is 0.391. The van der Waals surface area contributed by atoms with Crippen LogP contribution < -0.4 is 10.6 Å². The minimum absolute atomic E-state index is 0. The van der Waals surface area contributed by atoms with Gasteiger partial charge in [-0.2, -0.15) is 5.26 Å². The number of nitrogens with zero attached hydrogens (tertiary/aromatic N) is 1. The third-order valence-electron chi connectivity index (χ3n) is 5.65. The third kappa shape index (κ3) is 5.96. The monoisotopic (exact) mass is 431 g/mol. The molecule has 1 aliphatic rings. The molecule has 0 aliphatic carbocycles. The lowest BCUT2D eigenvalue weighted by Crippen LogP contribution is -2.61. The van der Waals surface area contributed by atoms with E-state index in [-0.39, 0.29) is 29.6 Å². The Kier molecular flexibility index (Phi) is 8.52. The molecule has 1 fully saturated rings. The molecule has 1 atom stereocenters. The Balaban J connectivity index is 0.00000300. The highest BCUT2D eigenvalue weighted by atomic mass is 35.5. The highest BCUT2D eigenvalue weighted by molar-refractivity contribution is 6.30. The predicted molar refractivity (Wildman–Crippen MR) is 119 cm³/mol. The van der Waals surface area contributed by atoms with E-state index in [9.17, 15) is 4.79 Å². The molecule has 0 spiro atoms. The molecule has 3 rings (SSSR count). The van der Waals surface area contributed by atoms with Crippen LogP contribution in [-0.4, -0.2) is 25.5 Å². The van der Waals surface area contributed by atoms with Crippen molar-refractivity contribution in [2.24, 2.45) is 11.3 Å². The molecule has 0 radical (unpaired) electrons. The summed E-state index contributed by atoms with van der Waals surface area (Å²) in [6.07, 6.45) is 2.49. The lowest BCUT2D eigenvalue weighted by molar-refractivity contribution is -0.134. The van der Waals surface area contributed by atoms with Crippen LogP contribution in [0.15, 0.2) is 48.5 Å². The topological polar surface area (TPSA) is 64.9 Å². The first-order valence-corrected chi connectivity index (χ1v) is 10.1. The van der Waals surface area contributed by atoms with Gasteiger partial charge in [0.25, 0.3) is 0 Å². The number of hydrogen-bond acceptors (Lipinski definition) is 3. The third-order valence-corrected chi connectivity index (χ3v) is 5.91. The molecule has 4 nitrogen and oxygen atoms in total. The van der Waals surface area contributed by atoms with Gasteiger partial charge in [-0.05, 0) is 60.6 Å². The molecule has 2 N–H and O–H groups in total. The first kappa shape index (κ1) is 23.2. The maximum Gasteiger partial charge on any atom is 0.228 e. The Labute approximate surface area is 184 Å². The molecule has 0 aromatic heterocycles. The first-order chi connectivity index (χ1) is 13.5. The van der Waals surface area contributed by atoms with E-state index in [4.69, 9.17) is 16.9 Å². The van der Waals surface area contributed by atoms with Gasteiger partial charge in [-0.3, -0.25) is 4.79 Å². The van der Waals surface area contributed by atoms with Crippen LogP contribution in [0.1, 0.15) is 30.0 Å². The van der Waals surface area contributed by atoms with Crippen molar-refractivity contribution in [3.05, 3.63) is 70.2 Å². The van der Waals surface area contributed by atoms with Gasteiger partial charge in [0.2, 0.25) is 5.91 Å². The van der Waals surface area contributed by atoms with Gasteiger partial charge in [0, 0.05) is 24.7 Å². The van der Waals surface area contributed by atoms with Gasteiger partial charge < -0.3 is 10.6 Å². The van der Waals surface area contributed by atoms with Crippen molar-refractivity contribution < 1.29 is 4.79 Å². The molecule has 1 saturated heterocycles. The fourth-order valence-electron chi connectivity index (χ4n) is 3.69. The van der Waals surface area contributed by atoms with E-state index in [1.54, 1.807) is 0 Å². The zero-order valence-electron chi connectivity index (χ0n) is 16.6. The maximum atomic E-state index is 12.7. The van der Waals surface area contributed by atoms with Crippen LogP contribution in [0, 0.1) is 22.7 Å². The molecule has 154 valence electrons. The summed E-state index contributed by atoms with van der Waals surface area (Å²) in [5.74, 6) is 0.377. The van der Waals surface area contributed by atoms with Crippen LogP contribution in [0.3, 0.4) is 0 Å². The van der Waals surface area contributed by atoms with Gasteiger partial charge in [-0.15, -0.1) is 12.4 Å². The van der Waals surface area contributed by atoms with Crippen LogP contribution in [0.2, 0.25) is 5.02 Å². The molecule has 29 heavy (non-hydrogen) atoms. The Hall–Kier alpha value is -2.06. The number of carbonyl (C=O) groups excluding carboxylic acids is 1. The van der Waals surface area contributed by atoms with E-state index in [1.165, 1.54) is 5.56 Å². The largest absolute Gasteiger partial charge is 0.355 e. The van der Waals surface area contributed by atoms with Gasteiger partial charge in [0.1, 0.15) is 0 Å². The second-order valence-corrected chi connectivity index (χ2v) is 8.10. The van der Waals surface area contributed by atoms with Crippen molar-refractivity contribution in [2.75, 3.05) is 19.6 Å². The summed E-state index contributed by atoms with van der Waals surface area (Å²) in [5, 5.41) is 16.3. The minimum Gasteiger partial charge on any atom is -0.355 e. The highest BCUT2D eigenvalue weighted by Gasteiger charge is 2.42. The zero-order chi connectivity index (χ0) is 20.0. The summed E-state index contributed by atoms with van der Waals surface area (Å²) in [6, 6.07) is 17.8. The lowest BCUT2D eigenvalue weighted by Gasteiger charge is -2.40. The van der Waals surface area contributed by atoms with Crippen molar-refractivity contribution in [3.63, 3.8) is 0 Å². The number of benzene rings is 2. The summed E-state index contributed by atoms with van der Waals surface area (Å²) in [5.41, 5.74) is 2.71. The molecule has 1 amide bonds. The van der Waals surface area contributed by atoms with Gasteiger partial charge >= 0.3 is 0 Å². The quantitative estimate of drug-likeness (QED) is 0.659. The number of nitrogens with one attached hydrogen (secondary N) is 2. The van der Waals surface area contributed by atoms with Crippen LogP contribution in [0.4, 0.5) is 0 Å². The van der Waals surface area contributed by atoms with Crippen molar-refractivity contribution in [2.45, 2.75) is 26.2 Å². The van der Waals surface area contributed by atoms with E-state index in [2.05, 4.69) is 23.6 Å². The molecule has 1 aliphatic heterocycles. The number of halogens is 2. The second kappa shape index (κ2) is 10.6. The van der Waals surface area contributed by atoms with E-state index >= 15 is 0 Å². The van der Waals surface area contributed by atoms with Crippen LogP contribution in [-0.2, 0) is 17.6 Å². The molecule has 0 saturated carbocycles. The number of carbonyl (C=O) groups is 1. The number of nitriles is 1. The molecule has 1 unspecified atom stereocenters. The van der Waals surface area contributed by atoms with Crippen LogP contribution in [0.5, 0.6) is 0 Å². The van der Waals surface area contributed by atoms with E-state index in [0.717, 1.165) is 42.9 Å². The molecular weight excluding hydrogens is 405 g/mol. The Morgan fingerprint density at radius 2 is 1.90 bits per heavy atom. The van der Waals surface area contributed by atoms with Gasteiger partial charge in [-0.1, -0.05) is 42.8 Å². The van der Waals surface area contributed by atoms with Crippen LogP contribution in [0.25, 0.3) is 0 Å². The summed E-state index contributed by atoms with van der Waals surface area (Å²) in [7, 11) is 0. The smallest absolute Gasteiger partial charge is 0.228 e. The van der Waals surface area contributed by atoms with Crippen LogP contribution >= 0.6 is 24.0 Å². The second-order valence-electron chi connectivity index (χ2n) is 7.66. The van der Waals surface area contributed by atoms with Crippen molar-refractivity contribution in [3.8, 4) is 6.07 Å². The average molecular weight is 432 g/mol. The molecule has 0 bridgehead atoms. The minimum atomic E-state index is -0.258. The average Bonchev–Trinajstić information content (AvgIpc) is 2.67. The number of rotatable bonds is 8. The Bertz CT molecular complexity index is 852. The van der Waals surface area contributed by atoms with Crippen molar-refractivity contribution in [1.29, 1.82) is 5.26 Å². The molecule has 6 heteroatoms. The maximum absolute atomic E-state index is 12.7. The van der Waals surface area contributed by atoms with Gasteiger partial charge in [0.15, 0.2) is 0 Å². The van der Waals surface area contributed by atoms with E-state index in [0.29, 0.717) is 12.1 Å². The number of amides is 1. The van der Waals surface area contributed by atoms with E-state index < -0.39 is 0 Å². The summed E-state index contributed by atoms with van der Waals surface area (Å²) < 4.78 is 0. The Morgan fingerprint density at radius 3 is 2.48 bits per heavy atom. The molecule has 2 aromatic rings. The molecule has 1 heterocycles. The fourth-order valence-corrected chi connectivity index (χ4v) is 3.82. The summed E-state index contributed by atoms with van der Waals surface area (Å²) in [6.45, 7) is 4.18. The van der Waals surface area contributed by atoms with Gasteiger partial charge in [-0.25, -0.2) is 0 Å². The highest BCUT2D eigenvalue weighted by Crippen LogP contribution is 2.27. The van der Waals surface area contributed by atoms with Crippen molar-refractivity contribution >= 4 is 29.9 Å². The first-order valence-electron chi connectivity index (χ1n) is 9.77. The molecule has 2 aromatic carbocycles. The summed E-state index contributed by atoms with van der Waals surface area (Å²) in [4.78, 5) is 12.7. The van der Waals surface area contributed by atoms with Crippen molar-refractivity contribution in [1.82, 2.24) is 10.6 Å². The predicted octanol–water partition coefficient (Wildman–Crippen LogP) is 4.15. The van der Waals surface area contributed by atoms with E-state index in [1.807, 2.05) is 48.5 Å². The summed E-state index contributed by atoms with van der Waals surface area (Å²) >= 11 is 6.01. The number of hydrogen-bond donors (Lipinski definition) is 2. The lowest BCUT2D eigenvalue weighted by atomic mass is 9.78. The SMILES string of the molecule is CCC1(C(=O)NCC(Cc2ccc(Cl)cc2)Cc2cccc(C#N)c2)CNC1.Cl.